The molecule has 1 saturated heterocycles. The Hall–Kier alpha value is -3.06. The zero-order chi connectivity index (χ0) is 20.4. The molecule has 6 nitrogen and oxygen atoms in total. The Morgan fingerprint density at radius 3 is 2.52 bits per heavy atom. The van der Waals surface area contributed by atoms with Gasteiger partial charge in [-0.05, 0) is 55.3 Å². The second-order valence-corrected chi connectivity index (χ2v) is 8.18. The van der Waals surface area contributed by atoms with E-state index < -0.39 is 0 Å². The molecular formula is C22H23N3O3S. The van der Waals surface area contributed by atoms with E-state index in [4.69, 9.17) is 4.42 Å². The molecule has 0 unspecified atom stereocenters. The fourth-order valence-electron chi connectivity index (χ4n) is 3.49. The summed E-state index contributed by atoms with van der Waals surface area (Å²) in [6.07, 6.45) is 1.45. The maximum Gasteiger partial charge on any atom is 0.291 e. The van der Waals surface area contributed by atoms with E-state index in [1.807, 2.05) is 4.90 Å². The van der Waals surface area contributed by atoms with Crippen LogP contribution in [0.3, 0.4) is 0 Å². The Morgan fingerprint density at radius 1 is 1.00 bits per heavy atom. The third-order valence-electron chi connectivity index (χ3n) is 5.28. The number of carbonyl (C=O) groups excluding carboxylic acids is 2. The summed E-state index contributed by atoms with van der Waals surface area (Å²) < 4.78 is 5.09. The molecule has 0 aliphatic carbocycles. The summed E-state index contributed by atoms with van der Waals surface area (Å²) in [5.74, 6) is -0.0686. The van der Waals surface area contributed by atoms with Crippen molar-refractivity contribution in [1.82, 2.24) is 4.90 Å². The molecule has 1 N–H and O–H groups in total. The number of hydrogen-bond donors (Lipinski definition) is 1. The van der Waals surface area contributed by atoms with Gasteiger partial charge in [-0.2, -0.15) is 0 Å². The van der Waals surface area contributed by atoms with Gasteiger partial charge < -0.3 is 19.5 Å². The highest BCUT2D eigenvalue weighted by atomic mass is 32.1. The molecule has 29 heavy (non-hydrogen) atoms. The Kier molecular flexibility index (Phi) is 5.40. The molecular weight excluding hydrogens is 386 g/mol. The van der Waals surface area contributed by atoms with Gasteiger partial charge in [-0.15, -0.1) is 11.3 Å². The van der Waals surface area contributed by atoms with Crippen molar-refractivity contribution in [3.63, 3.8) is 0 Å². The first-order chi connectivity index (χ1) is 14.0. The number of nitrogens with one attached hydrogen (secondary N) is 1. The second kappa shape index (κ2) is 8.13. The summed E-state index contributed by atoms with van der Waals surface area (Å²) in [4.78, 5) is 29.8. The number of nitrogens with zero attached hydrogens (tertiary/aromatic N) is 2. The number of rotatable bonds is 4. The number of benzene rings is 1. The zero-order valence-electron chi connectivity index (χ0n) is 16.5. The maximum atomic E-state index is 12.9. The summed E-state index contributed by atoms with van der Waals surface area (Å²) in [7, 11) is 0. The van der Waals surface area contributed by atoms with Gasteiger partial charge in [0.25, 0.3) is 11.8 Å². The lowest BCUT2D eigenvalue weighted by Crippen LogP contribution is -2.48. The lowest BCUT2D eigenvalue weighted by atomic mass is 10.1. The number of amides is 2. The molecule has 0 atom stereocenters. The number of hydrogen-bond acceptors (Lipinski definition) is 5. The minimum absolute atomic E-state index is 0.00844. The van der Waals surface area contributed by atoms with Crippen molar-refractivity contribution < 1.29 is 14.0 Å². The van der Waals surface area contributed by atoms with Crippen molar-refractivity contribution in [3.8, 4) is 0 Å². The van der Waals surface area contributed by atoms with Crippen LogP contribution >= 0.6 is 11.3 Å². The Bertz CT molecular complexity index is 1020. The zero-order valence-corrected chi connectivity index (χ0v) is 17.3. The van der Waals surface area contributed by atoms with Crippen LogP contribution in [0.2, 0.25) is 0 Å². The highest BCUT2D eigenvalue weighted by molar-refractivity contribution is 7.18. The van der Waals surface area contributed by atoms with Gasteiger partial charge in [-0.3, -0.25) is 9.59 Å². The molecule has 3 heterocycles. The monoisotopic (exact) mass is 409 g/mol. The van der Waals surface area contributed by atoms with Gasteiger partial charge in [0.1, 0.15) is 0 Å². The molecule has 1 aliphatic rings. The fraction of sp³-hybridized carbons (Fsp3) is 0.273. The lowest BCUT2D eigenvalue weighted by Gasteiger charge is -2.36. The van der Waals surface area contributed by atoms with Crippen molar-refractivity contribution in [2.24, 2.45) is 0 Å². The van der Waals surface area contributed by atoms with Crippen LogP contribution in [0.15, 0.2) is 53.1 Å². The van der Waals surface area contributed by atoms with Gasteiger partial charge in [0, 0.05) is 31.9 Å². The smallest absolute Gasteiger partial charge is 0.291 e. The van der Waals surface area contributed by atoms with E-state index in [1.165, 1.54) is 34.4 Å². The van der Waals surface area contributed by atoms with Crippen LogP contribution in [0, 0.1) is 13.8 Å². The summed E-state index contributed by atoms with van der Waals surface area (Å²) >= 11 is 1.28. The van der Waals surface area contributed by atoms with Crippen molar-refractivity contribution in [2.75, 3.05) is 36.4 Å². The van der Waals surface area contributed by atoms with E-state index in [1.54, 1.807) is 24.3 Å². The van der Waals surface area contributed by atoms with E-state index in [-0.39, 0.29) is 17.6 Å². The average molecular weight is 410 g/mol. The molecule has 150 valence electrons. The molecule has 0 radical (unpaired) electrons. The Morgan fingerprint density at radius 2 is 1.79 bits per heavy atom. The van der Waals surface area contributed by atoms with Crippen LogP contribution in [-0.2, 0) is 0 Å². The molecule has 4 rings (SSSR count). The first-order valence-corrected chi connectivity index (χ1v) is 10.4. The minimum Gasteiger partial charge on any atom is -0.459 e. The van der Waals surface area contributed by atoms with E-state index in [9.17, 15) is 9.59 Å². The molecule has 0 saturated carbocycles. The van der Waals surface area contributed by atoms with E-state index in [2.05, 4.69) is 42.3 Å². The molecule has 3 aromatic rings. The SMILES string of the molecule is Cc1cccc(N2CCN(C(=O)c3ccc(NC(=O)c4ccco4)s3)CC2)c1C. The average Bonchev–Trinajstić information content (AvgIpc) is 3.42. The first-order valence-electron chi connectivity index (χ1n) is 9.58. The summed E-state index contributed by atoms with van der Waals surface area (Å²) in [5, 5.41) is 3.40. The summed E-state index contributed by atoms with van der Waals surface area (Å²) in [5.41, 5.74) is 3.82. The quantitative estimate of drug-likeness (QED) is 0.702. The predicted octanol–water partition coefficient (Wildman–Crippen LogP) is 4.17. The highest BCUT2D eigenvalue weighted by Gasteiger charge is 2.24. The fourth-order valence-corrected chi connectivity index (χ4v) is 4.35. The van der Waals surface area contributed by atoms with Crippen LogP contribution < -0.4 is 10.2 Å². The highest BCUT2D eigenvalue weighted by Crippen LogP contribution is 2.26. The maximum absolute atomic E-state index is 12.9. The van der Waals surface area contributed by atoms with E-state index >= 15 is 0 Å². The normalized spacial score (nSPS) is 14.1. The number of thiophene rings is 1. The number of piperazine rings is 1. The van der Waals surface area contributed by atoms with Crippen molar-refractivity contribution >= 4 is 33.8 Å². The van der Waals surface area contributed by atoms with Gasteiger partial charge in [-0.1, -0.05) is 12.1 Å². The predicted molar refractivity (Wildman–Crippen MR) is 115 cm³/mol. The van der Waals surface area contributed by atoms with Crippen LogP contribution in [0.5, 0.6) is 0 Å². The van der Waals surface area contributed by atoms with Gasteiger partial charge >= 0.3 is 0 Å². The van der Waals surface area contributed by atoms with Gasteiger partial charge in [0.15, 0.2) is 5.76 Å². The minimum atomic E-state index is -0.321. The van der Waals surface area contributed by atoms with Crippen molar-refractivity contribution in [3.05, 3.63) is 70.5 Å². The third-order valence-corrected chi connectivity index (χ3v) is 6.27. The third kappa shape index (κ3) is 4.05. The van der Waals surface area contributed by atoms with Crippen LogP contribution in [0.25, 0.3) is 0 Å². The lowest BCUT2D eigenvalue weighted by molar-refractivity contribution is 0.0751. The van der Waals surface area contributed by atoms with Gasteiger partial charge in [0.05, 0.1) is 16.1 Å². The number of aryl methyl sites for hydroxylation is 1. The largest absolute Gasteiger partial charge is 0.459 e. The van der Waals surface area contributed by atoms with Crippen molar-refractivity contribution in [2.45, 2.75) is 13.8 Å². The van der Waals surface area contributed by atoms with E-state index in [0.717, 1.165) is 13.1 Å². The van der Waals surface area contributed by atoms with Gasteiger partial charge in [0.2, 0.25) is 0 Å². The molecule has 2 aromatic heterocycles. The Balaban J connectivity index is 1.37. The summed E-state index contributed by atoms with van der Waals surface area (Å²) in [6, 6.07) is 13.1. The van der Waals surface area contributed by atoms with Gasteiger partial charge in [-0.25, -0.2) is 0 Å². The van der Waals surface area contributed by atoms with E-state index in [0.29, 0.717) is 23.0 Å². The number of anilines is 2. The Labute approximate surface area is 173 Å². The topological polar surface area (TPSA) is 65.8 Å². The molecule has 1 aliphatic heterocycles. The van der Waals surface area contributed by atoms with Crippen molar-refractivity contribution in [1.29, 1.82) is 0 Å². The molecule has 0 spiro atoms. The van der Waals surface area contributed by atoms with Crippen LogP contribution in [0.1, 0.15) is 31.4 Å². The number of carbonyl (C=O) groups is 2. The molecule has 1 aromatic carbocycles. The standard InChI is InChI=1S/C22H23N3O3S/c1-15-5-3-6-17(16(15)2)24-10-12-25(13-11-24)22(27)19-8-9-20(29-19)23-21(26)18-7-4-14-28-18/h3-9,14H,10-13H2,1-2H3,(H,23,26). The molecule has 0 bridgehead atoms. The second-order valence-electron chi connectivity index (χ2n) is 7.09. The molecule has 2 amide bonds. The molecule has 1 fully saturated rings. The summed E-state index contributed by atoms with van der Waals surface area (Å²) in [6.45, 7) is 7.24. The molecule has 7 heteroatoms. The van der Waals surface area contributed by atoms with Crippen LogP contribution in [-0.4, -0.2) is 42.9 Å². The van der Waals surface area contributed by atoms with Crippen LogP contribution in [0.4, 0.5) is 10.7 Å². The number of furan rings is 1. The first kappa shape index (κ1) is 19.3.